The van der Waals surface area contributed by atoms with Crippen LogP contribution < -0.4 is 14.7 Å². The van der Waals surface area contributed by atoms with Crippen LogP contribution in [0.1, 0.15) is 11.6 Å². The van der Waals surface area contributed by atoms with Crippen LogP contribution in [0.4, 0.5) is 28.9 Å². The lowest BCUT2D eigenvalue weighted by molar-refractivity contribution is -0.274. The van der Waals surface area contributed by atoms with Crippen LogP contribution in [-0.2, 0) is 14.4 Å². The van der Waals surface area contributed by atoms with Gasteiger partial charge in [0.15, 0.2) is 6.10 Å². The van der Waals surface area contributed by atoms with Crippen LogP contribution in [0.5, 0.6) is 5.75 Å². The van der Waals surface area contributed by atoms with Crippen LogP contribution in [0.2, 0.25) is 0 Å². The molecule has 0 saturated carbocycles. The maximum atomic E-state index is 13.4. The van der Waals surface area contributed by atoms with Gasteiger partial charge in [0.25, 0.3) is 5.91 Å². The molecule has 3 aromatic rings. The molecule has 5 rings (SSSR count). The van der Waals surface area contributed by atoms with Crippen molar-refractivity contribution in [2.24, 2.45) is 5.92 Å². The number of anilines is 2. The summed E-state index contributed by atoms with van der Waals surface area (Å²) in [7, 11) is 0. The highest BCUT2D eigenvalue weighted by molar-refractivity contribution is 6.23. The van der Waals surface area contributed by atoms with Gasteiger partial charge in [0.05, 0.1) is 17.4 Å². The molecule has 3 aromatic carbocycles. The largest absolute Gasteiger partial charge is 0.573 e. The maximum Gasteiger partial charge on any atom is 0.573 e. The van der Waals surface area contributed by atoms with Crippen molar-refractivity contribution in [2.75, 3.05) is 9.96 Å². The average molecular weight is 472 g/mol. The fourth-order valence-corrected chi connectivity index (χ4v) is 4.26. The standard InChI is InChI=1S/C24H16F4N2O4/c25-15-8-10-16(11-9-15)29-22(31)19-20(14-6-12-18(13-7-14)33-24(26,27)28)30(34-21(19)23(29)32)17-4-2-1-3-5-17/h1-13,19-21H/t19-,20-,21-/m1/s1. The Morgan fingerprint density at radius 1 is 0.794 bits per heavy atom. The third-order valence-corrected chi connectivity index (χ3v) is 5.67. The molecule has 3 atom stereocenters. The lowest BCUT2D eigenvalue weighted by Gasteiger charge is -2.28. The van der Waals surface area contributed by atoms with E-state index >= 15 is 0 Å². The zero-order chi connectivity index (χ0) is 24.0. The minimum absolute atomic E-state index is 0.202. The fourth-order valence-electron chi connectivity index (χ4n) is 4.26. The van der Waals surface area contributed by atoms with Crippen molar-refractivity contribution in [3.8, 4) is 5.75 Å². The summed E-state index contributed by atoms with van der Waals surface area (Å²) in [5, 5.41) is 1.42. The third-order valence-electron chi connectivity index (χ3n) is 5.67. The topological polar surface area (TPSA) is 59.1 Å². The van der Waals surface area contributed by atoms with Gasteiger partial charge in [-0.3, -0.25) is 14.4 Å². The van der Waals surface area contributed by atoms with Crippen molar-refractivity contribution in [1.29, 1.82) is 0 Å². The number of fused-ring (bicyclic) bond motifs is 1. The van der Waals surface area contributed by atoms with E-state index in [1.165, 1.54) is 29.3 Å². The van der Waals surface area contributed by atoms with E-state index in [1.807, 2.05) is 0 Å². The Hall–Kier alpha value is -3.92. The monoisotopic (exact) mass is 472 g/mol. The zero-order valence-electron chi connectivity index (χ0n) is 17.3. The van der Waals surface area contributed by atoms with Gasteiger partial charge in [-0.15, -0.1) is 13.2 Å². The SMILES string of the molecule is O=C1[C@@H]2[C@@H](c3ccc(OC(F)(F)F)cc3)N(c3ccccc3)O[C@H]2C(=O)N1c1ccc(F)cc1. The quantitative estimate of drug-likeness (QED) is 0.404. The minimum Gasteiger partial charge on any atom is -0.406 e. The van der Waals surface area contributed by atoms with E-state index in [4.69, 9.17) is 4.84 Å². The Morgan fingerprint density at radius 3 is 2.06 bits per heavy atom. The summed E-state index contributed by atoms with van der Waals surface area (Å²) in [6.45, 7) is 0. The normalized spacial score (nSPS) is 22.3. The molecule has 2 saturated heterocycles. The lowest BCUT2D eigenvalue weighted by atomic mass is 9.90. The van der Waals surface area contributed by atoms with Gasteiger partial charge >= 0.3 is 6.36 Å². The van der Waals surface area contributed by atoms with E-state index < -0.39 is 47.8 Å². The van der Waals surface area contributed by atoms with Gasteiger partial charge in [-0.2, -0.15) is 0 Å². The number of amides is 2. The molecule has 174 valence electrons. The Morgan fingerprint density at radius 2 is 1.44 bits per heavy atom. The van der Waals surface area contributed by atoms with Crippen molar-refractivity contribution in [2.45, 2.75) is 18.5 Å². The van der Waals surface area contributed by atoms with Crippen LogP contribution in [0.3, 0.4) is 0 Å². The first-order valence-corrected chi connectivity index (χ1v) is 10.2. The maximum absolute atomic E-state index is 13.4. The van der Waals surface area contributed by atoms with Crippen molar-refractivity contribution in [3.63, 3.8) is 0 Å². The Bertz CT molecular complexity index is 1220. The molecule has 0 aliphatic carbocycles. The van der Waals surface area contributed by atoms with Gasteiger partial charge in [-0.1, -0.05) is 30.3 Å². The minimum atomic E-state index is -4.84. The Kier molecular flexibility index (Phi) is 5.24. The second kappa shape index (κ2) is 8.14. The van der Waals surface area contributed by atoms with Crippen LogP contribution in [-0.4, -0.2) is 24.3 Å². The number of carbonyl (C=O) groups excluding carboxylic acids is 2. The first kappa shape index (κ1) is 21.9. The van der Waals surface area contributed by atoms with Crippen molar-refractivity contribution in [1.82, 2.24) is 0 Å². The van der Waals surface area contributed by atoms with Gasteiger partial charge in [-0.05, 0) is 54.1 Å². The van der Waals surface area contributed by atoms with E-state index in [-0.39, 0.29) is 5.69 Å². The number of imide groups is 1. The molecule has 2 aliphatic rings. The van der Waals surface area contributed by atoms with Crippen LogP contribution >= 0.6 is 0 Å². The highest BCUT2D eigenvalue weighted by Crippen LogP contribution is 2.47. The Balaban J connectivity index is 1.53. The van der Waals surface area contributed by atoms with Crippen LogP contribution in [0.25, 0.3) is 0 Å². The molecule has 0 spiro atoms. The first-order chi connectivity index (χ1) is 16.2. The molecule has 0 bridgehead atoms. The van der Waals surface area contributed by atoms with E-state index in [2.05, 4.69) is 4.74 Å². The number of carbonyl (C=O) groups is 2. The molecule has 0 unspecified atom stereocenters. The van der Waals surface area contributed by atoms with Crippen molar-refractivity contribution in [3.05, 3.63) is 90.2 Å². The average Bonchev–Trinajstić information content (AvgIpc) is 3.31. The fraction of sp³-hybridized carbons (Fsp3) is 0.167. The molecule has 0 N–H and O–H groups in total. The van der Waals surface area contributed by atoms with E-state index in [0.29, 0.717) is 11.3 Å². The highest BCUT2D eigenvalue weighted by atomic mass is 19.4. The molecular formula is C24H16F4N2O4. The molecule has 6 nitrogen and oxygen atoms in total. The van der Waals surface area contributed by atoms with Gasteiger partial charge in [0, 0.05) is 0 Å². The summed E-state index contributed by atoms with van der Waals surface area (Å²) in [6.07, 6.45) is -6.00. The van der Waals surface area contributed by atoms with Crippen LogP contribution in [0, 0.1) is 11.7 Å². The zero-order valence-corrected chi connectivity index (χ0v) is 17.3. The number of hydrogen-bond acceptors (Lipinski definition) is 5. The lowest BCUT2D eigenvalue weighted by Crippen LogP contribution is -2.37. The van der Waals surface area contributed by atoms with Gasteiger partial charge in [0.1, 0.15) is 17.5 Å². The van der Waals surface area contributed by atoms with Crippen molar-refractivity contribution >= 4 is 23.2 Å². The summed E-state index contributed by atoms with van der Waals surface area (Å²) in [5.41, 5.74) is 1.22. The summed E-state index contributed by atoms with van der Waals surface area (Å²) in [6, 6.07) is 17.9. The molecule has 2 heterocycles. The van der Waals surface area contributed by atoms with E-state index in [9.17, 15) is 27.2 Å². The second-order valence-electron chi connectivity index (χ2n) is 7.76. The van der Waals surface area contributed by atoms with Gasteiger partial charge in [0.2, 0.25) is 5.91 Å². The third kappa shape index (κ3) is 3.86. The number of hydroxylamine groups is 1. The summed E-state index contributed by atoms with van der Waals surface area (Å²) in [4.78, 5) is 33.5. The van der Waals surface area contributed by atoms with Gasteiger partial charge < -0.3 is 4.74 Å². The predicted molar refractivity (Wildman–Crippen MR) is 112 cm³/mol. The number of hydrogen-bond donors (Lipinski definition) is 0. The van der Waals surface area contributed by atoms with E-state index in [1.54, 1.807) is 30.3 Å². The molecular weight excluding hydrogens is 456 g/mol. The first-order valence-electron chi connectivity index (χ1n) is 10.2. The molecule has 2 amide bonds. The molecule has 0 radical (unpaired) electrons. The molecule has 2 aliphatic heterocycles. The molecule has 2 fully saturated rings. The smallest absolute Gasteiger partial charge is 0.406 e. The number of rotatable bonds is 4. The highest BCUT2D eigenvalue weighted by Gasteiger charge is 2.60. The molecule has 34 heavy (non-hydrogen) atoms. The van der Waals surface area contributed by atoms with Gasteiger partial charge in [-0.25, -0.2) is 14.4 Å². The predicted octanol–water partition coefficient (Wildman–Crippen LogP) is 4.78. The van der Waals surface area contributed by atoms with Crippen molar-refractivity contribution < 1.29 is 36.7 Å². The molecule has 10 heteroatoms. The second-order valence-corrected chi connectivity index (χ2v) is 7.76. The Labute approximate surface area is 190 Å². The summed E-state index contributed by atoms with van der Waals surface area (Å²) < 4.78 is 55.0. The van der Waals surface area contributed by atoms with E-state index in [0.717, 1.165) is 29.2 Å². The number of para-hydroxylation sites is 1. The summed E-state index contributed by atoms with van der Waals surface area (Å²) in [5.74, 6) is -3.08. The number of benzene rings is 3. The number of alkyl halides is 3. The summed E-state index contributed by atoms with van der Waals surface area (Å²) >= 11 is 0. The number of ether oxygens (including phenoxy) is 1. The number of halogens is 4. The number of nitrogens with zero attached hydrogens (tertiary/aromatic N) is 2. The van der Waals surface area contributed by atoms with Crippen LogP contribution in [0.15, 0.2) is 78.9 Å². The molecule has 0 aromatic heterocycles.